The van der Waals surface area contributed by atoms with Crippen LogP contribution in [0.3, 0.4) is 0 Å². The Balaban J connectivity index is 1.96. The molecule has 0 aromatic rings. The van der Waals surface area contributed by atoms with E-state index < -0.39 is 0 Å². The number of epoxide rings is 1. The topological polar surface area (TPSA) is 29.6 Å². The molecule has 1 saturated heterocycles. The lowest BCUT2D eigenvalue weighted by Gasteiger charge is -1.91. The van der Waals surface area contributed by atoms with E-state index in [0.717, 1.165) is 13.0 Å². The number of ether oxygens (including phenoxy) is 1. The number of carbonyl (C=O) groups excluding carboxylic acids is 1. The Morgan fingerprint density at radius 1 is 1.78 bits per heavy atom. The first kappa shape index (κ1) is 6.75. The predicted octanol–water partition coefficient (Wildman–Crippen LogP) is 1.14. The molecule has 0 aliphatic carbocycles. The number of hydrogen-bond acceptors (Lipinski definition) is 2. The molecule has 1 aliphatic heterocycles. The average molecular weight is 128 g/mol. The molecule has 2 heteroatoms. The van der Waals surface area contributed by atoms with Gasteiger partial charge in [-0.2, -0.15) is 0 Å². The molecular formula is C7H12O2. The largest absolute Gasteiger partial charge is 0.373 e. The normalized spacial score (nSPS) is 23.9. The monoisotopic (exact) mass is 128 g/mol. The molecule has 0 amide bonds. The fourth-order valence-electron chi connectivity index (χ4n) is 0.733. The Kier molecular flexibility index (Phi) is 2.22. The van der Waals surface area contributed by atoms with Crippen LogP contribution in [0.2, 0.25) is 0 Å². The first-order chi connectivity index (χ1) is 4.33. The first-order valence-corrected chi connectivity index (χ1v) is 3.46. The highest BCUT2D eigenvalue weighted by atomic mass is 16.6. The maximum absolute atomic E-state index is 10.7. The minimum absolute atomic E-state index is 0.352. The lowest BCUT2D eigenvalue weighted by Crippen LogP contribution is -1.97. The molecule has 0 N–H and O–H groups in total. The van der Waals surface area contributed by atoms with Crippen LogP contribution in [0.1, 0.15) is 26.2 Å². The van der Waals surface area contributed by atoms with E-state index in [2.05, 4.69) is 0 Å². The summed E-state index contributed by atoms with van der Waals surface area (Å²) in [5.74, 6) is 0.352. The van der Waals surface area contributed by atoms with Crippen LogP contribution in [0.5, 0.6) is 0 Å². The maximum Gasteiger partial charge on any atom is 0.132 e. The van der Waals surface area contributed by atoms with Gasteiger partial charge in [0.1, 0.15) is 5.78 Å². The highest BCUT2D eigenvalue weighted by Crippen LogP contribution is 2.15. The Bertz CT molecular complexity index is 105. The molecule has 1 rings (SSSR count). The maximum atomic E-state index is 10.7. The van der Waals surface area contributed by atoms with E-state index in [-0.39, 0.29) is 0 Å². The highest BCUT2D eigenvalue weighted by molar-refractivity contribution is 5.77. The van der Waals surface area contributed by atoms with Gasteiger partial charge in [0, 0.05) is 12.8 Å². The van der Waals surface area contributed by atoms with Gasteiger partial charge in [0.2, 0.25) is 0 Å². The summed E-state index contributed by atoms with van der Waals surface area (Å²) in [4.78, 5) is 10.7. The SMILES string of the molecule is CCC(=O)CCC1CO1. The molecule has 1 aliphatic rings. The third kappa shape index (κ3) is 2.61. The van der Waals surface area contributed by atoms with Crippen molar-refractivity contribution in [2.75, 3.05) is 6.61 Å². The van der Waals surface area contributed by atoms with Crippen molar-refractivity contribution >= 4 is 5.78 Å². The van der Waals surface area contributed by atoms with Crippen LogP contribution in [-0.2, 0) is 9.53 Å². The van der Waals surface area contributed by atoms with Crippen LogP contribution < -0.4 is 0 Å². The summed E-state index contributed by atoms with van der Waals surface area (Å²) in [5.41, 5.74) is 0. The number of hydrogen-bond donors (Lipinski definition) is 0. The second kappa shape index (κ2) is 2.97. The molecule has 0 aromatic carbocycles. The molecule has 52 valence electrons. The van der Waals surface area contributed by atoms with E-state index in [1.54, 1.807) is 0 Å². The summed E-state index contributed by atoms with van der Waals surface area (Å²) in [5, 5.41) is 0. The smallest absolute Gasteiger partial charge is 0.132 e. The van der Waals surface area contributed by atoms with Crippen LogP contribution in [0, 0.1) is 0 Å². The van der Waals surface area contributed by atoms with E-state index in [4.69, 9.17) is 4.74 Å². The van der Waals surface area contributed by atoms with Crippen molar-refractivity contribution in [1.29, 1.82) is 0 Å². The molecule has 1 atom stereocenters. The summed E-state index contributed by atoms with van der Waals surface area (Å²) >= 11 is 0. The number of carbonyl (C=O) groups is 1. The van der Waals surface area contributed by atoms with Gasteiger partial charge in [-0.15, -0.1) is 0 Å². The number of rotatable bonds is 4. The van der Waals surface area contributed by atoms with Crippen LogP contribution in [0.4, 0.5) is 0 Å². The van der Waals surface area contributed by atoms with Gasteiger partial charge in [-0.05, 0) is 6.42 Å². The van der Waals surface area contributed by atoms with Crippen molar-refractivity contribution in [3.63, 3.8) is 0 Å². The van der Waals surface area contributed by atoms with Crippen molar-refractivity contribution in [2.24, 2.45) is 0 Å². The molecule has 2 nitrogen and oxygen atoms in total. The second-order valence-corrected chi connectivity index (χ2v) is 2.39. The van der Waals surface area contributed by atoms with Crippen LogP contribution >= 0.6 is 0 Å². The van der Waals surface area contributed by atoms with Crippen molar-refractivity contribution < 1.29 is 9.53 Å². The Labute approximate surface area is 55.2 Å². The van der Waals surface area contributed by atoms with Crippen molar-refractivity contribution in [1.82, 2.24) is 0 Å². The lowest BCUT2D eigenvalue weighted by atomic mass is 10.1. The third-order valence-corrected chi connectivity index (χ3v) is 1.54. The number of ketones is 1. The average Bonchev–Trinajstić information content (AvgIpc) is 2.65. The quantitative estimate of drug-likeness (QED) is 0.531. The summed E-state index contributed by atoms with van der Waals surface area (Å²) in [6.07, 6.45) is 2.74. The van der Waals surface area contributed by atoms with Crippen LogP contribution in [-0.4, -0.2) is 18.5 Å². The predicted molar refractivity (Wildman–Crippen MR) is 34.3 cm³/mol. The minimum atomic E-state index is 0.352. The van der Waals surface area contributed by atoms with Gasteiger partial charge in [-0.3, -0.25) is 4.79 Å². The minimum Gasteiger partial charge on any atom is -0.373 e. The third-order valence-electron chi connectivity index (χ3n) is 1.54. The molecule has 0 saturated carbocycles. The van der Waals surface area contributed by atoms with E-state index in [9.17, 15) is 4.79 Å². The van der Waals surface area contributed by atoms with Gasteiger partial charge in [0.15, 0.2) is 0 Å². The van der Waals surface area contributed by atoms with E-state index in [1.165, 1.54) is 0 Å². The molecule has 0 bridgehead atoms. The van der Waals surface area contributed by atoms with Crippen molar-refractivity contribution in [3.05, 3.63) is 0 Å². The van der Waals surface area contributed by atoms with Gasteiger partial charge < -0.3 is 4.74 Å². The summed E-state index contributed by atoms with van der Waals surface area (Å²) in [7, 11) is 0. The standard InChI is InChI=1S/C7H12O2/c1-2-6(8)3-4-7-5-9-7/h7H,2-5H2,1H3. The molecule has 0 radical (unpaired) electrons. The van der Waals surface area contributed by atoms with Gasteiger partial charge in [-0.1, -0.05) is 6.92 Å². The van der Waals surface area contributed by atoms with Crippen molar-refractivity contribution in [2.45, 2.75) is 32.3 Å². The fraction of sp³-hybridized carbons (Fsp3) is 0.857. The van der Waals surface area contributed by atoms with Crippen molar-refractivity contribution in [3.8, 4) is 0 Å². The molecule has 0 aromatic heterocycles. The zero-order valence-corrected chi connectivity index (χ0v) is 5.72. The fourth-order valence-corrected chi connectivity index (χ4v) is 0.733. The Morgan fingerprint density at radius 2 is 2.44 bits per heavy atom. The second-order valence-electron chi connectivity index (χ2n) is 2.39. The summed E-state index contributed by atoms with van der Waals surface area (Å²) in [6.45, 7) is 2.77. The molecule has 1 heterocycles. The molecule has 9 heavy (non-hydrogen) atoms. The summed E-state index contributed by atoms with van der Waals surface area (Å²) < 4.78 is 4.95. The highest BCUT2D eigenvalue weighted by Gasteiger charge is 2.22. The van der Waals surface area contributed by atoms with E-state index in [1.807, 2.05) is 6.92 Å². The molecule has 0 spiro atoms. The lowest BCUT2D eigenvalue weighted by molar-refractivity contribution is -0.118. The summed E-state index contributed by atoms with van der Waals surface area (Å²) in [6, 6.07) is 0. The Morgan fingerprint density at radius 3 is 2.89 bits per heavy atom. The van der Waals surface area contributed by atoms with E-state index >= 15 is 0 Å². The van der Waals surface area contributed by atoms with Gasteiger partial charge >= 0.3 is 0 Å². The zero-order valence-electron chi connectivity index (χ0n) is 5.72. The Hall–Kier alpha value is -0.370. The van der Waals surface area contributed by atoms with Gasteiger partial charge in [0.05, 0.1) is 12.7 Å². The molecule has 1 unspecified atom stereocenters. The van der Waals surface area contributed by atoms with Crippen LogP contribution in [0.15, 0.2) is 0 Å². The van der Waals surface area contributed by atoms with Gasteiger partial charge in [0.25, 0.3) is 0 Å². The van der Waals surface area contributed by atoms with Crippen LogP contribution in [0.25, 0.3) is 0 Å². The van der Waals surface area contributed by atoms with E-state index in [0.29, 0.717) is 24.7 Å². The molecule has 1 fully saturated rings. The zero-order chi connectivity index (χ0) is 6.69. The molecular weight excluding hydrogens is 116 g/mol. The first-order valence-electron chi connectivity index (χ1n) is 3.46. The number of Topliss-reactive ketones (excluding diaryl/α,β-unsaturated/α-hetero) is 1. The van der Waals surface area contributed by atoms with Gasteiger partial charge in [-0.25, -0.2) is 0 Å².